The molecule has 0 atom stereocenters. The van der Waals surface area contributed by atoms with Gasteiger partial charge in [0.2, 0.25) is 11.8 Å². The number of aromatic nitrogens is 2. The average molecular weight is 375 g/mol. The maximum atomic E-state index is 12.2. The molecule has 0 aliphatic heterocycles. The molecule has 0 radical (unpaired) electrons. The highest BCUT2D eigenvalue weighted by Gasteiger charge is 2.06. The SMILES string of the molecule is CC(=O)Nc1cccc(Nc2ccc(NC(=O)Cc3cccc(C)c3)nn2)c1. The molecule has 0 saturated carbocycles. The van der Waals surface area contributed by atoms with Crippen molar-refractivity contribution in [1.29, 1.82) is 0 Å². The van der Waals surface area contributed by atoms with E-state index < -0.39 is 0 Å². The van der Waals surface area contributed by atoms with E-state index >= 15 is 0 Å². The summed E-state index contributed by atoms with van der Waals surface area (Å²) in [7, 11) is 0. The molecule has 0 unspecified atom stereocenters. The first-order valence-corrected chi connectivity index (χ1v) is 8.82. The van der Waals surface area contributed by atoms with E-state index in [1.165, 1.54) is 6.92 Å². The maximum absolute atomic E-state index is 12.2. The number of carbonyl (C=O) groups excluding carboxylic acids is 2. The molecule has 2 aromatic carbocycles. The quantitative estimate of drug-likeness (QED) is 0.611. The van der Waals surface area contributed by atoms with Gasteiger partial charge in [-0.1, -0.05) is 35.9 Å². The minimum absolute atomic E-state index is 0.136. The second-order valence-electron chi connectivity index (χ2n) is 6.40. The molecule has 2 amide bonds. The van der Waals surface area contributed by atoms with Gasteiger partial charge in [-0.3, -0.25) is 9.59 Å². The van der Waals surface area contributed by atoms with Crippen molar-refractivity contribution >= 4 is 34.8 Å². The van der Waals surface area contributed by atoms with Crippen molar-refractivity contribution in [3.63, 3.8) is 0 Å². The van der Waals surface area contributed by atoms with Gasteiger partial charge in [0.05, 0.1) is 6.42 Å². The first-order valence-electron chi connectivity index (χ1n) is 8.82. The van der Waals surface area contributed by atoms with Crippen LogP contribution < -0.4 is 16.0 Å². The molecule has 0 aliphatic carbocycles. The summed E-state index contributed by atoms with van der Waals surface area (Å²) in [6.07, 6.45) is 0.277. The predicted octanol–water partition coefficient (Wildman–Crippen LogP) is 3.67. The molecule has 0 spiro atoms. The summed E-state index contributed by atoms with van der Waals surface area (Å²) < 4.78 is 0. The van der Waals surface area contributed by atoms with Gasteiger partial charge in [-0.15, -0.1) is 10.2 Å². The number of benzene rings is 2. The highest BCUT2D eigenvalue weighted by atomic mass is 16.2. The van der Waals surface area contributed by atoms with Gasteiger partial charge in [-0.25, -0.2) is 0 Å². The van der Waals surface area contributed by atoms with E-state index in [9.17, 15) is 9.59 Å². The molecule has 0 fully saturated rings. The Kier molecular flexibility index (Phi) is 5.96. The van der Waals surface area contributed by atoms with Crippen molar-refractivity contribution in [3.05, 3.63) is 71.8 Å². The van der Waals surface area contributed by atoms with Gasteiger partial charge in [-0.2, -0.15) is 0 Å². The van der Waals surface area contributed by atoms with E-state index in [1.54, 1.807) is 24.3 Å². The fourth-order valence-corrected chi connectivity index (χ4v) is 2.69. The molecule has 142 valence electrons. The van der Waals surface area contributed by atoms with Crippen LogP contribution in [0.25, 0.3) is 0 Å². The molecular weight excluding hydrogens is 354 g/mol. The molecule has 28 heavy (non-hydrogen) atoms. The summed E-state index contributed by atoms with van der Waals surface area (Å²) in [6, 6.07) is 18.5. The van der Waals surface area contributed by atoms with Crippen LogP contribution >= 0.6 is 0 Å². The summed E-state index contributed by atoms with van der Waals surface area (Å²) >= 11 is 0. The van der Waals surface area contributed by atoms with Gasteiger partial charge >= 0.3 is 0 Å². The Morgan fingerprint density at radius 2 is 1.57 bits per heavy atom. The summed E-state index contributed by atoms with van der Waals surface area (Å²) in [5.41, 5.74) is 3.51. The highest BCUT2D eigenvalue weighted by Crippen LogP contribution is 2.19. The van der Waals surface area contributed by atoms with Crippen LogP contribution in [0.4, 0.5) is 23.0 Å². The summed E-state index contributed by atoms with van der Waals surface area (Å²) in [6.45, 7) is 3.45. The van der Waals surface area contributed by atoms with Crippen LogP contribution in [0.3, 0.4) is 0 Å². The van der Waals surface area contributed by atoms with Crippen molar-refractivity contribution in [2.24, 2.45) is 0 Å². The Morgan fingerprint density at radius 1 is 0.857 bits per heavy atom. The van der Waals surface area contributed by atoms with Crippen LogP contribution in [0.15, 0.2) is 60.7 Å². The Labute approximate surface area is 163 Å². The molecule has 3 rings (SSSR count). The predicted molar refractivity (Wildman–Crippen MR) is 110 cm³/mol. The van der Waals surface area contributed by atoms with E-state index in [0.29, 0.717) is 17.3 Å². The number of nitrogens with one attached hydrogen (secondary N) is 3. The third-order valence-electron chi connectivity index (χ3n) is 3.83. The first-order chi connectivity index (χ1) is 13.5. The normalized spacial score (nSPS) is 10.2. The number of hydrogen-bond donors (Lipinski definition) is 3. The zero-order valence-electron chi connectivity index (χ0n) is 15.7. The molecular formula is C21H21N5O2. The smallest absolute Gasteiger partial charge is 0.229 e. The van der Waals surface area contributed by atoms with Crippen LogP contribution in [-0.4, -0.2) is 22.0 Å². The van der Waals surface area contributed by atoms with Gasteiger partial charge in [0.15, 0.2) is 11.6 Å². The lowest BCUT2D eigenvalue weighted by molar-refractivity contribution is -0.116. The van der Waals surface area contributed by atoms with Gasteiger partial charge in [-0.05, 0) is 42.8 Å². The molecule has 7 nitrogen and oxygen atoms in total. The van der Waals surface area contributed by atoms with E-state index in [0.717, 1.165) is 16.8 Å². The minimum atomic E-state index is -0.149. The number of carbonyl (C=O) groups is 2. The zero-order chi connectivity index (χ0) is 19.9. The molecule has 3 N–H and O–H groups in total. The van der Waals surface area contributed by atoms with Crippen LogP contribution in [0.1, 0.15) is 18.1 Å². The second kappa shape index (κ2) is 8.77. The van der Waals surface area contributed by atoms with E-state index in [1.807, 2.05) is 43.3 Å². The van der Waals surface area contributed by atoms with E-state index in [-0.39, 0.29) is 18.2 Å². The number of anilines is 4. The van der Waals surface area contributed by atoms with Crippen molar-refractivity contribution in [2.75, 3.05) is 16.0 Å². The lowest BCUT2D eigenvalue weighted by Gasteiger charge is -2.09. The fraction of sp³-hybridized carbons (Fsp3) is 0.143. The molecule has 7 heteroatoms. The van der Waals surface area contributed by atoms with Crippen molar-refractivity contribution in [3.8, 4) is 0 Å². The average Bonchev–Trinajstić information content (AvgIpc) is 2.63. The molecule has 0 aliphatic rings. The Hall–Kier alpha value is -3.74. The summed E-state index contributed by atoms with van der Waals surface area (Å²) in [5.74, 6) is 0.623. The van der Waals surface area contributed by atoms with Gasteiger partial charge in [0.1, 0.15) is 0 Å². The van der Waals surface area contributed by atoms with E-state index in [4.69, 9.17) is 0 Å². The lowest BCUT2D eigenvalue weighted by Crippen LogP contribution is -2.15. The molecule has 1 heterocycles. The Bertz CT molecular complexity index is 986. The summed E-state index contributed by atoms with van der Waals surface area (Å²) in [5, 5.41) is 16.7. The largest absolute Gasteiger partial charge is 0.339 e. The van der Waals surface area contributed by atoms with E-state index in [2.05, 4.69) is 26.1 Å². The van der Waals surface area contributed by atoms with Gasteiger partial charge < -0.3 is 16.0 Å². The topological polar surface area (TPSA) is 96.0 Å². The maximum Gasteiger partial charge on any atom is 0.229 e. The van der Waals surface area contributed by atoms with Crippen LogP contribution in [-0.2, 0) is 16.0 Å². The fourth-order valence-electron chi connectivity index (χ4n) is 2.69. The van der Waals surface area contributed by atoms with Crippen LogP contribution in [0, 0.1) is 6.92 Å². The Morgan fingerprint density at radius 3 is 2.29 bits per heavy atom. The third-order valence-corrected chi connectivity index (χ3v) is 3.83. The Balaban J connectivity index is 1.59. The lowest BCUT2D eigenvalue weighted by atomic mass is 10.1. The standard InChI is InChI=1S/C21H21N5O2/c1-14-5-3-6-16(11-14)12-21(28)24-20-10-9-19(25-26-20)23-18-8-4-7-17(13-18)22-15(2)27/h3-11,13H,12H2,1-2H3,(H,22,27)(H,23,25)(H,24,26,28). The number of rotatable bonds is 6. The molecule has 0 bridgehead atoms. The number of nitrogens with zero attached hydrogens (tertiary/aromatic N) is 2. The van der Waals surface area contributed by atoms with Gasteiger partial charge in [0, 0.05) is 18.3 Å². The first kappa shape index (κ1) is 19.0. The number of aryl methyl sites for hydroxylation is 1. The molecule has 1 aromatic heterocycles. The summed E-state index contributed by atoms with van der Waals surface area (Å²) in [4.78, 5) is 23.3. The minimum Gasteiger partial charge on any atom is -0.339 e. The second-order valence-corrected chi connectivity index (χ2v) is 6.40. The van der Waals surface area contributed by atoms with Crippen molar-refractivity contribution < 1.29 is 9.59 Å². The number of amides is 2. The zero-order valence-corrected chi connectivity index (χ0v) is 15.7. The molecule has 0 saturated heterocycles. The molecule has 3 aromatic rings. The van der Waals surface area contributed by atoms with Gasteiger partial charge in [0.25, 0.3) is 0 Å². The van der Waals surface area contributed by atoms with Crippen molar-refractivity contribution in [1.82, 2.24) is 10.2 Å². The highest BCUT2D eigenvalue weighted by molar-refractivity contribution is 5.91. The monoisotopic (exact) mass is 375 g/mol. The number of hydrogen-bond acceptors (Lipinski definition) is 5. The van der Waals surface area contributed by atoms with Crippen LogP contribution in [0.5, 0.6) is 0 Å². The third kappa shape index (κ3) is 5.63. The van der Waals surface area contributed by atoms with Crippen molar-refractivity contribution in [2.45, 2.75) is 20.3 Å². The van der Waals surface area contributed by atoms with Crippen LogP contribution in [0.2, 0.25) is 0 Å².